The fraction of sp³-hybridized carbons (Fsp3) is 0.750. The molecular weight excluding hydrogens is 154 g/mol. The van der Waals surface area contributed by atoms with Crippen molar-refractivity contribution in [1.29, 1.82) is 5.26 Å². The van der Waals surface area contributed by atoms with Gasteiger partial charge in [-0.15, -0.1) is 0 Å². The number of carbonyl (C=O) groups excluding carboxylic acids is 1. The predicted molar refractivity (Wildman–Crippen MR) is 46.1 cm³/mol. The highest BCUT2D eigenvalue weighted by Gasteiger charge is 2.08. The molecule has 0 aromatic rings. The van der Waals surface area contributed by atoms with E-state index in [9.17, 15) is 4.79 Å². The fourth-order valence-electron chi connectivity index (χ4n) is 0.696. The normalized spacial score (nSPS) is 11.8. The molecule has 4 nitrogen and oxygen atoms in total. The Labute approximate surface area is 72.7 Å². The maximum atomic E-state index is 11.0. The number of carbonyl (C=O) groups is 1. The van der Waals surface area contributed by atoms with Gasteiger partial charge in [0.2, 0.25) is 5.91 Å². The molecule has 0 bridgehead atoms. The number of nitrogens with zero attached hydrogens (tertiary/aromatic N) is 1. The number of nitrogens with two attached hydrogens (primary N) is 1. The number of hydrogen-bond donors (Lipinski definition) is 2. The Morgan fingerprint density at radius 2 is 2.42 bits per heavy atom. The van der Waals surface area contributed by atoms with Gasteiger partial charge in [0, 0.05) is 13.0 Å². The maximum Gasteiger partial charge on any atom is 0.236 e. The molecule has 0 rings (SSSR count). The second-order valence-corrected chi connectivity index (χ2v) is 2.57. The molecule has 0 radical (unpaired) electrons. The molecular formula is C8H15N3O. The second-order valence-electron chi connectivity index (χ2n) is 2.57. The van der Waals surface area contributed by atoms with Crippen LogP contribution in [-0.2, 0) is 4.79 Å². The van der Waals surface area contributed by atoms with Gasteiger partial charge in [0.1, 0.15) is 0 Å². The summed E-state index contributed by atoms with van der Waals surface area (Å²) >= 11 is 0. The van der Waals surface area contributed by atoms with Gasteiger partial charge in [-0.1, -0.05) is 6.92 Å². The second kappa shape index (κ2) is 6.62. The van der Waals surface area contributed by atoms with Gasteiger partial charge in [-0.2, -0.15) is 5.26 Å². The van der Waals surface area contributed by atoms with E-state index in [-0.39, 0.29) is 5.91 Å². The lowest BCUT2D eigenvalue weighted by atomic mass is 10.2. The van der Waals surface area contributed by atoms with Crippen LogP contribution in [0, 0.1) is 11.3 Å². The number of nitriles is 1. The van der Waals surface area contributed by atoms with Crippen LogP contribution < -0.4 is 11.1 Å². The summed E-state index contributed by atoms with van der Waals surface area (Å²) in [5.41, 5.74) is 5.45. The molecule has 0 aromatic carbocycles. The summed E-state index contributed by atoms with van der Waals surface area (Å²) in [6, 6.07) is 1.59. The molecule has 0 spiro atoms. The zero-order valence-electron chi connectivity index (χ0n) is 7.34. The van der Waals surface area contributed by atoms with E-state index in [1.165, 1.54) is 0 Å². The van der Waals surface area contributed by atoms with E-state index in [0.29, 0.717) is 25.8 Å². The summed E-state index contributed by atoms with van der Waals surface area (Å²) in [6.07, 6.45) is 1.81. The first-order valence-corrected chi connectivity index (χ1v) is 4.12. The molecule has 1 atom stereocenters. The van der Waals surface area contributed by atoms with Crippen LogP contribution in [0.1, 0.15) is 26.2 Å². The average molecular weight is 169 g/mol. The highest BCUT2D eigenvalue weighted by Crippen LogP contribution is 1.87. The average Bonchev–Trinajstić information content (AvgIpc) is 2.10. The number of nitrogens with one attached hydrogen (secondary N) is 1. The maximum absolute atomic E-state index is 11.0. The molecule has 0 heterocycles. The van der Waals surface area contributed by atoms with Gasteiger partial charge in [0.05, 0.1) is 12.1 Å². The molecule has 0 saturated heterocycles. The van der Waals surface area contributed by atoms with Crippen LogP contribution in [0.4, 0.5) is 0 Å². The van der Waals surface area contributed by atoms with Crippen molar-refractivity contribution in [3.05, 3.63) is 0 Å². The number of hydrogen-bond acceptors (Lipinski definition) is 3. The van der Waals surface area contributed by atoms with E-state index in [1.807, 2.05) is 13.0 Å². The molecule has 0 saturated carbocycles. The van der Waals surface area contributed by atoms with Gasteiger partial charge >= 0.3 is 0 Å². The van der Waals surface area contributed by atoms with Crippen LogP contribution in [0.25, 0.3) is 0 Å². The molecule has 1 amide bonds. The Morgan fingerprint density at radius 1 is 1.75 bits per heavy atom. The van der Waals surface area contributed by atoms with Crippen molar-refractivity contribution in [2.45, 2.75) is 32.2 Å². The van der Waals surface area contributed by atoms with Crippen molar-refractivity contribution in [2.75, 3.05) is 6.54 Å². The van der Waals surface area contributed by atoms with Gasteiger partial charge in [0.25, 0.3) is 0 Å². The van der Waals surface area contributed by atoms with Crippen LogP contribution in [0.2, 0.25) is 0 Å². The summed E-state index contributed by atoms with van der Waals surface area (Å²) in [7, 11) is 0. The van der Waals surface area contributed by atoms with Gasteiger partial charge < -0.3 is 11.1 Å². The third-order valence-corrected chi connectivity index (χ3v) is 1.54. The molecule has 12 heavy (non-hydrogen) atoms. The van der Waals surface area contributed by atoms with E-state index in [2.05, 4.69) is 5.32 Å². The largest absolute Gasteiger partial charge is 0.355 e. The molecule has 0 unspecified atom stereocenters. The molecule has 0 aliphatic rings. The topological polar surface area (TPSA) is 78.9 Å². The van der Waals surface area contributed by atoms with Crippen LogP contribution in [-0.4, -0.2) is 18.5 Å². The van der Waals surface area contributed by atoms with Crippen LogP contribution in [0.3, 0.4) is 0 Å². The smallest absolute Gasteiger partial charge is 0.236 e. The summed E-state index contributed by atoms with van der Waals surface area (Å²) in [4.78, 5) is 11.0. The lowest BCUT2D eigenvalue weighted by Gasteiger charge is -2.08. The lowest BCUT2D eigenvalue weighted by molar-refractivity contribution is -0.122. The molecule has 3 N–H and O–H groups in total. The Balaban J connectivity index is 3.39. The van der Waals surface area contributed by atoms with Crippen molar-refractivity contribution < 1.29 is 4.79 Å². The molecule has 0 aliphatic heterocycles. The van der Waals surface area contributed by atoms with Gasteiger partial charge in [-0.05, 0) is 12.8 Å². The van der Waals surface area contributed by atoms with Gasteiger partial charge in [-0.3, -0.25) is 4.79 Å². The Hall–Kier alpha value is -1.08. The number of rotatable bonds is 5. The van der Waals surface area contributed by atoms with Crippen molar-refractivity contribution in [1.82, 2.24) is 5.32 Å². The monoisotopic (exact) mass is 169 g/mol. The van der Waals surface area contributed by atoms with E-state index in [0.717, 1.165) is 0 Å². The Kier molecular flexibility index (Phi) is 6.02. The quantitative estimate of drug-likeness (QED) is 0.575. The lowest BCUT2D eigenvalue weighted by Crippen LogP contribution is -2.40. The van der Waals surface area contributed by atoms with E-state index in [1.54, 1.807) is 0 Å². The first-order chi connectivity index (χ1) is 5.72. The Bertz CT molecular complexity index is 174. The summed E-state index contributed by atoms with van der Waals surface area (Å²) < 4.78 is 0. The van der Waals surface area contributed by atoms with E-state index in [4.69, 9.17) is 11.0 Å². The summed E-state index contributed by atoms with van der Waals surface area (Å²) in [5.74, 6) is -0.129. The standard InChI is InChI=1S/C8H15N3O/c1-2-7(10)8(12)11-6-4-3-5-9/h7H,2-4,6,10H2,1H3,(H,11,12)/t7-/m0/s1. The van der Waals surface area contributed by atoms with Crippen molar-refractivity contribution in [3.63, 3.8) is 0 Å². The van der Waals surface area contributed by atoms with Crippen molar-refractivity contribution in [2.24, 2.45) is 5.73 Å². The third kappa shape index (κ3) is 4.69. The molecule has 0 aromatic heterocycles. The SMILES string of the molecule is CC[C@H](N)C(=O)NCCCC#N. The molecule has 0 fully saturated rings. The molecule has 68 valence electrons. The molecule has 4 heteroatoms. The zero-order chi connectivity index (χ0) is 9.40. The van der Waals surface area contributed by atoms with E-state index >= 15 is 0 Å². The van der Waals surface area contributed by atoms with Crippen LogP contribution >= 0.6 is 0 Å². The van der Waals surface area contributed by atoms with Crippen LogP contribution in [0.15, 0.2) is 0 Å². The minimum absolute atomic E-state index is 0.129. The zero-order valence-corrected chi connectivity index (χ0v) is 7.34. The van der Waals surface area contributed by atoms with Crippen LogP contribution in [0.5, 0.6) is 0 Å². The predicted octanol–water partition coefficient (Wildman–Crippen LogP) is 0.144. The minimum atomic E-state index is -0.410. The molecule has 0 aliphatic carbocycles. The van der Waals surface area contributed by atoms with Crippen molar-refractivity contribution in [3.8, 4) is 6.07 Å². The first-order valence-electron chi connectivity index (χ1n) is 4.12. The summed E-state index contributed by atoms with van der Waals surface area (Å²) in [6.45, 7) is 2.40. The fourth-order valence-corrected chi connectivity index (χ4v) is 0.696. The first kappa shape index (κ1) is 10.9. The number of amides is 1. The Morgan fingerprint density at radius 3 is 2.92 bits per heavy atom. The third-order valence-electron chi connectivity index (χ3n) is 1.54. The highest BCUT2D eigenvalue weighted by molar-refractivity contribution is 5.81. The highest BCUT2D eigenvalue weighted by atomic mass is 16.2. The van der Waals surface area contributed by atoms with Crippen molar-refractivity contribution >= 4 is 5.91 Å². The number of unbranched alkanes of at least 4 members (excludes halogenated alkanes) is 1. The minimum Gasteiger partial charge on any atom is -0.355 e. The summed E-state index contributed by atoms with van der Waals surface area (Å²) in [5, 5.41) is 10.9. The van der Waals surface area contributed by atoms with Gasteiger partial charge in [-0.25, -0.2) is 0 Å². The van der Waals surface area contributed by atoms with Gasteiger partial charge in [0.15, 0.2) is 0 Å². The van der Waals surface area contributed by atoms with E-state index < -0.39 is 6.04 Å².